The summed E-state index contributed by atoms with van der Waals surface area (Å²) in [5, 5.41) is 12.2. The lowest BCUT2D eigenvalue weighted by Gasteiger charge is -2.09. The lowest BCUT2D eigenvalue weighted by atomic mass is 10.2. The van der Waals surface area contributed by atoms with Crippen LogP contribution >= 0.6 is 11.8 Å². The number of fused-ring (bicyclic) bond motifs is 1. The molecule has 0 amide bonds. The molecule has 0 bridgehead atoms. The Bertz CT molecular complexity index is 511. The number of benzene rings is 1. The van der Waals surface area contributed by atoms with E-state index >= 15 is 0 Å². The predicted molar refractivity (Wildman–Crippen MR) is 71.3 cm³/mol. The zero-order chi connectivity index (χ0) is 11.5. The second-order valence-corrected chi connectivity index (χ2v) is 5.55. The first-order valence-corrected chi connectivity index (χ1v) is 6.91. The second kappa shape index (κ2) is 4.87. The van der Waals surface area contributed by atoms with Gasteiger partial charge in [0.05, 0.1) is 5.52 Å². The molecule has 1 aromatic heterocycles. The molecule has 3 rings (SSSR count). The van der Waals surface area contributed by atoms with Crippen molar-refractivity contribution < 1.29 is 0 Å². The van der Waals surface area contributed by atoms with E-state index in [2.05, 4.69) is 20.5 Å². The summed E-state index contributed by atoms with van der Waals surface area (Å²) in [6.45, 7) is 0.935. The van der Waals surface area contributed by atoms with Gasteiger partial charge in [0.15, 0.2) is 0 Å². The highest BCUT2D eigenvalue weighted by Gasteiger charge is 2.15. The fourth-order valence-electron chi connectivity index (χ4n) is 1.97. The highest BCUT2D eigenvalue weighted by Crippen LogP contribution is 2.25. The van der Waals surface area contributed by atoms with Crippen LogP contribution in [-0.2, 0) is 0 Å². The Morgan fingerprint density at radius 1 is 1.24 bits per heavy atom. The van der Waals surface area contributed by atoms with Gasteiger partial charge in [0.25, 0.3) is 0 Å². The Kier molecular flexibility index (Phi) is 3.09. The number of nitrogens with one attached hydrogen (secondary N) is 1. The van der Waals surface area contributed by atoms with Crippen molar-refractivity contribution in [2.45, 2.75) is 18.1 Å². The van der Waals surface area contributed by atoms with Crippen molar-refractivity contribution in [3.8, 4) is 0 Å². The number of rotatable bonds is 3. The minimum Gasteiger partial charge on any atom is -0.352 e. The van der Waals surface area contributed by atoms with Gasteiger partial charge in [-0.3, -0.25) is 0 Å². The summed E-state index contributed by atoms with van der Waals surface area (Å²) >= 11 is 2.03. The number of thioether (sulfide) groups is 1. The van der Waals surface area contributed by atoms with E-state index in [1.54, 1.807) is 0 Å². The molecule has 1 atom stereocenters. The van der Waals surface area contributed by atoms with E-state index in [1.807, 2.05) is 36.0 Å². The van der Waals surface area contributed by atoms with E-state index in [4.69, 9.17) is 0 Å². The molecule has 0 saturated carbocycles. The van der Waals surface area contributed by atoms with E-state index in [1.165, 1.54) is 18.6 Å². The first kappa shape index (κ1) is 10.8. The van der Waals surface area contributed by atoms with Crippen LogP contribution < -0.4 is 5.32 Å². The monoisotopic (exact) mass is 246 g/mol. The SMILES string of the molecule is c1ccc2nc(NCC3CCCS3)nnc2c1. The molecule has 1 unspecified atom stereocenters. The Morgan fingerprint density at radius 2 is 2.12 bits per heavy atom. The standard InChI is InChI=1S/C12H14N4S/c1-2-6-11-10(5-1)14-12(16-15-11)13-8-9-4-3-7-17-9/h1-2,5-6,9H,3-4,7-8H2,(H,13,14,16). The maximum absolute atomic E-state index is 4.44. The van der Waals surface area contributed by atoms with Crippen molar-refractivity contribution in [2.24, 2.45) is 0 Å². The molecule has 17 heavy (non-hydrogen) atoms. The predicted octanol–water partition coefficient (Wildman–Crippen LogP) is 2.33. The Labute approximate surface area is 104 Å². The third-order valence-corrected chi connectivity index (χ3v) is 4.27. The fraction of sp³-hybridized carbons (Fsp3) is 0.417. The molecule has 1 saturated heterocycles. The van der Waals surface area contributed by atoms with Crippen molar-refractivity contribution in [1.29, 1.82) is 0 Å². The highest BCUT2D eigenvalue weighted by molar-refractivity contribution is 8.00. The molecule has 1 fully saturated rings. The summed E-state index contributed by atoms with van der Waals surface area (Å²) in [5.41, 5.74) is 1.73. The van der Waals surface area contributed by atoms with E-state index in [9.17, 15) is 0 Å². The van der Waals surface area contributed by atoms with Gasteiger partial charge in [-0.05, 0) is 30.7 Å². The van der Waals surface area contributed by atoms with E-state index in [0.717, 1.165) is 17.6 Å². The van der Waals surface area contributed by atoms with Crippen LogP contribution in [0.3, 0.4) is 0 Å². The average Bonchev–Trinajstić information content (AvgIpc) is 2.89. The molecule has 88 valence electrons. The van der Waals surface area contributed by atoms with Crippen molar-refractivity contribution >= 4 is 28.7 Å². The maximum atomic E-state index is 4.44. The van der Waals surface area contributed by atoms with Crippen LogP contribution in [0.4, 0.5) is 5.95 Å². The molecular formula is C12H14N4S. The van der Waals surface area contributed by atoms with Gasteiger partial charge in [-0.15, -0.1) is 10.2 Å². The van der Waals surface area contributed by atoms with Gasteiger partial charge >= 0.3 is 0 Å². The van der Waals surface area contributed by atoms with Crippen LogP contribution in [0.2, 0.25) is 0 Å². The largest absolute Gasteiger partial charge is 0.352 e. The summed E-state index contributed by atoms with van der Waals surface area (Å²) in [6, 6.07) is 7.79. The van der Waals surface area contributed by atoms with Gasteiger partial charge in [0, 0.05) is 11.8 Å². The molecule has 1 N–H and O–H groups in total. The summed E-state index contributed by atoms with van der Waals surface area (Å²) in [7, 11) is 0. The Morgan fingerprint density at radius 3 is 2.94 bits per heavy atom. The molecule has 2 aromatic rings. The molecule has 1 aromatic carbocycles. The van der Waals surface area contributed by atoms with E-state index in [-0.39, 0.29) is 0 Å². The summed E-state index contributed by atoms with van der Waals surface area (Å²) in [6.07, 6.45) is 2.62. The van der Waals surface area contributed by atoms with Gasteiger partial charge in [0.2, 0.25) is 5.95 Å². The summed E-state index contributed by atoms with van der Waals surface area (Å²) < 4.78 is 0. The fourth-order valence-corrected chi connectivity index (χ4v) is 3.17. The number of nitrogens with zero attached hydrogens (tertiary/aromatic N) is 3. The molecule has 0 aliphatic carbocycles. The number of aromatic nitrogens is 3. The second-order valence-electron chi connectivity index (χ2n) is 4.14. The number of hydrogen-bond acceptors (Lipinski definition) is 5. The van der Waals surface area contributed by atoms with Crippen LogP contribution in [0.5, 0.6) is 0 Å². The molecule has 5 heteroatoms. The van der Waals surface area contributed by atoms with Crippen molar-refractivity contribution in [3.05, 3.63) is 24.3 Å². The highest BCUT2D eigenvalue weighted by atomic mass is 32.2. The molecule has 2 heterocycles. The Balaban J connectivity index is 1.72. The quantitative estimate of drug-likeness (QED) is 0.900. The van der Waals surface area contributed by atoms with E-state index in [0.29, 0.717) is 11.2 Å². The van der Waals surface area contributed by atoms with Crippen LogP contribution in [0.15, 0.2) is 24.3 Å². The first-order chi connectivity index (χ1) is 8.42. The molecule has 4 nitrogen and oxygen atoms in total. The molecule has 0 radical (unpaired) electrons. The zero-order valence-corrected chi connectivity index (χ0v) is 10.3. The minimum absolute atomic E-state index is 0.635. The zero-order valence-electron chi connectivity index (χ0n) is 9.47. The van der Waals surface area contributed by atoms with Gasteiger partial charge in [-0.1, -0.05) is 12.1 Å². The Hall–Kier alpha value is -1.36. The maximum Gasteiger partial charge on any atom is 0.243 e. The van der Waals surface area contributed by atoms with Gasteiger partial charge in [-0.2, -0.15) is 11.8 Å². The van der Waals surface area contributed by atoms with Crippen LogP contribution in [-0.4, -0.2) is 32.7 Å². The number of para-hydroxylation sites is 1. The lowest BCUT2D eigenvalue weighted by Crippen LogP contribution is -2.15. The molecule has 1 aliphatic heterocycles. The lowest BCUT2D eigenvalue weighted by molar-refractivity contribution is 0.798. The third-order valence-electron chi connectivity index (χ3n) is 2.87. The van der Waals surface area contributed by atoms with Crippen molar-refractivity contribution in [1.82, 2.24) is 15.2 Å². The van der Waals surface area contributed by atoms with Crippen LogP contribution in [0, 0.1) is 0 Å². The van der Waals surface area contributed by atoms with Crippen molar-refractivity contribution in [2.75, 3.05) is 17.6 Å². The summed E-state index contributed by atoms with van der Waals surface area (Å²) in [5.74, 6) is 1.92. The number of hydrogen-bond donors (Lipinski definition) is 1. The number of anilines is 1. The summed E-state index contributed by atoms with van der Waals surface area (Å²) in [4.78, 5) is 4.44. The van der Waals surface area contributed by atoms with E-state index < -0.39 is 0 Å². The molecule has 1 aliphatic rings. The topological polar surface area (TPSA) is 50.7 Å². The van der Waals surface area contributed by atoms with Gasteiger partial charge in [0.1, 0.15) is 5.52 Å². The third kappa shape index (κ3) is 2.49. The first-order valence-electron chi connectivity index (χ1n) is 5.87. The normalized spacial score (nSPS) is 19.6. The average molecular weight is 246 g/mol. The van der Waals surface area contributed by atoms with Crippen LogP contribution in [0.1, 0.15) is 12.8 Å². The van der Waals surface area contributed by atoms with Gasteiger partial charge < -0.3 is 5.32 Å². The smallest absolute Gasteiger partial charge is 0.243 e. The molecule has 0 spiro atoms. The minimum atomic E-state index is 0.635. The molecular weight excluding hydrogens is 232 g/mol. The van der Waals surface area contributed by atoms with Gasteiger partial charge in [-0.25, -0.2) is 4.98 Å². The van der Waals surface area contributed by atoms with Crippen LogP contribution in [0.25, 0.3) is 11.0 Å². The van der Waals surface area contributed by atoms with Crippen molar-refractivity contribution in [3.63, 3.8) is 0 Å².